The summed E-state index contributed by atoms with van der Waals surface area (Å²) in [5.41, 5.74) is 9.20. The first-order valence-electron chi connectivity index (χ1n) is 11.5. The molecule has 9 atom stereocenters. The molecule has 4 fully saturated rings. The maximum Gasteiger partial charge on any atom is 0.0703 e. The van der Waals surface area contributed by atoms with E-state index in [1.165, 1.54) is 51.4 Å². The Hall–Kier alpha value is -0.810. The van der Waals surface area contributed by atoms with Gasteiger partial charge in [-0.1, -0.05) is 39.3 Å². The first-order valence-corrected chi connectivity index (χ1v) is 11.5. The van der Waals surface area contributed by atoms with E-state index < -0.39 is 0 Å². The minimum Gasteiger partial charge on any atom is -0.325 e. The fourth-order valence-corrected chi connectivity index (χ4v) is 8.86. The zero-order valence-corrected chi connectivity index (χ0v) is 18.1. The summed E-state index contributed by atoms with van der Waals surface area (Å²) < 4.78 is 0. The molecule has 2 N–H and O–H groups in total. The van der Waals surface area contributed by atoms with Crippen LogP contribution in [0.3, 0.4) is 0 Å². The molecule has 150 valence electrons. The average molecular weight is 369 g/mol. The summed E-state index contributed by atoms with van der Waals surface area (Å²) in [7, 11) is 0. The van der Waals surface area contributed by atoms with Crippen molar-refractivity contribution < 1.29 is 0 Å². The summed E-state index contributed by atoms with van der Waals surface area (Å²) in [5.74, 6) is 3.45. The predicted molar refractivity (Wildman–Crippen MR) is 112 cm³/mol. The average Bonchev–Trinajstić information content (AvgIpc) is 2.94. The molecule has 2 nitrogen and oxygen atoms in total. The second-order valence-corrected chi connectivity index (χ2v) is 11.6. The van der Waals surface area contributed by atoms with E-state index in [4.69, 9.17) is 5.73 Å². The van der Waals surface area contributed by atoms with Crippen LogP contribution in [0.5, 0.6) is 0 Å². The van der Waals surface area contributed by atoms with Crippen molar-refractivity contribution in [3.8, 4) is 6.07 Å². The van der Waals surface area contributed by atoms with Gasteiger partial charge in [0.2, 0.25) is 0 Å². The summed E-state index contributed by atoms with van der Waals surface area (Å²) in [6.45, 7) is 13.7. The van der Waals surface area contributed by atoms with Crippen LogP contribution in [-0.4, -0.2) is 5.54 Å². The molecule has 2 heteroatoms. The Morgan fingerprint density at radius 1 is 1.07 bits per heavy atom. The van der Waals surface area contributed by atoms with Gasteiger partial charge >= 0.3 is 0 Å². The van der Waals surface area contributed by atoms with Crippen LogP contribution in [0.15, 0.2) is 12.2 Å². The number of fused-ring (bicyclic) bond motifs is 5. The predicted octanol–water partition coefficient (Wildman–Crippen LogP) is 6.08. The van der Waals surface area contributed by atoms with Crippen molar-refractivity contribution in [1.29, 1.82) is 5.26 Å². The highest BCUT2D eigenvalue weighted by atomic mass is 14.9. The zero-order valence-electron chi connectivity index (χ0n) is 18.1. The summed E-state index contributed by atoms with van der Waals surface area (Å²) in [6, 6.07) is 2.60. The van der Waals surface area contributed by atoms with Crippen molar-refractivity contribution >= 4 is 0 Å². The minimum atomic E-state index is 0.00157. The number of nitrogens with two attached hydrogens (primary N) is 1. The Kier molecular flexibility index (Phi) is 4.59. The number of hydrogen-bond acceptors (Lipinski definition) is 2. The standard InChI is InChI=1S/C25H40N2/c1-16(2)18(15-26)19-8-9-22-24(19,5)11-10-21-20-7-6-17(3)14-23(20,4)12-13-25(21,22)27/h17-22H,1,6-14,27H2,2-5H3. The molecule has 0 aromatic heterocycles. The highest BCUT2D eigenvalue weighted by Crippen LogP contribution is 2.68. The zero-order chi connectivity index (χ0) is 19.6. The van der Waals surface area contributed by atoms with Gasteiger partial charge < -0.3 is 5.73 Å². The third-order valence-corrected chi connectivity index (χ3v) is 10.1. The van der Waals surface area contributed by atoms with E-state index in [9.17, 15) is 5.26 Å². The molecule has 0 heterocycles. The number of hydrogen-bond donors (Lipinski definition) is 1. The van der Waals surface area contributed by atoms with Crippen LogP contribution in [-0.2, 0) is 0 Å². The lowest BCUT2D eigenvalue weighted by atomic mass is 9.42. The van der Waals surface area contributed by atoms with Gasteiger partial charge in [0.1, 0.15) is 0 Å². The molecule has 4 saturated carbocycles. The van der Waals surface area contributed by atoms with Gasteiger partial charge in [-0.05, 0) is 98.7 Å². The number of rotatable bonds is 2. The molecular weight excluding hydrogens is 328 g/mol. The molecule has 0 amide bonds. The Bertz CT molecular complexity index is 662. The molecular formula is C25H40N2. The van der Waals surface area contributed by atoms with E-state index in [1.54, 1.807) is 0 Å². The molecule has 27 heavy (non-hydrogen) atoms. The van der Waals surface area contributed by atoms with Crippen molar-refractivity contribution in [2.24, 2.45) is 52.1 Å². The fourth-order valence-electron chi connectivity index (χ4n) is 8.86. The largest absolute Gasteiger partial charge is 0.325 e. The monoisotopic (exact) mass is 368 g/mol. The van der Waals surface area contributed by atoms with Gasteiger partial charge in [-0.15, -0.1) is 0 Å². The molecule has 4 aliphatic rings. The van der Waals surface area contributed by atoms with Crippen LogP contribution in [0, 0.1) is 57.7 Å². The van der Waals surface area contributed by atoms with Gasteiger partial charge in [-0.3, -0.25) is 0 Å². The third kappa shape index (κ3) is 2.67. The molecule has 4 rings (SSSR count). The van der Waals surface area contributed by atoms with E-state index in [0.717, 1.165) is 23.8 Å². The van der Waals surface area contributed by atoms with Gasteiger partial charge in [0.15, 0.2) is 0 Å². The first kappa shape index (κ1) is 19.5. The first-order chi connectivity index (χ1) is 12.7. The van der Waals surface area contributed by atoms with E-state index >= 15 is 0 Å². The van der Waals surface area contributed by atoms with Crippen molar-refractivity contribution in [2.75, 3.05) is 0 Å². The normalized spacial score (nSPS) is 52.8. The molecule has 0 aromatic rings. The molecule has 9 unspecified atom stereocenters. The molecule has 0 spiro atoms. The lowest BCUT2D eigenvalue weighted by Gasteiger charge is -2.64. The van der Waals surface area contributed by atoms with Crippen LogP contribution >= 0.6 is 0 Å². The maximum atomic E-state index is 9.83. The van der Waals surface area contributed by atoms with E-state index in [-0.39, 0.29) is 16.9 Å². The lowest BCUT2D eigenvalue weighted by Crippen LogP contribution is -2.67. The van der Waals surface area contributed by atoms with Crippen molar-refractivity contribution in [2.45, 2.75) is 91.0 Å². The Labute approximate surface area is 167 Å². The highest BCUT2D eigenvalue weighted by molar-refractivity contribution is 5.21. The number of allylic oxidation sites excluding steroid dienone is 1. The summed E-state index contributed by atoms with van der Waals surface area (Å²) >= 11 is 0. The van der Waals surface area contributed by atoms with Gasteiger partial charge in [0.25, 0.3) is 0 Å². The minimum absolute atomic E-state index is 0.00157. The van der Waals surface area contributed by atoms with E-state index in [1.807, 2.05) is 6.92 Å². The maximum absolute atomic E-state index is 9.83. The molecule has 0 aromatic carbocycles. The Morgan fingerprint density at radius 2 is 1.81 bits per heavy atom. The van der Waals surface area contributed by atoms with E-state index in [2.05, 4.69) is 33.4 Å². The van der Waals surface area contributed by atoms with Crippen LogP contribution in [0.25, 0.3) is 0 Å². The second-order valence-electron chi connectivity index (χ2n) is 11.6. The van der Waals surface area contributed by atoms with Crippen LogP contribution in [0.4, 0.5) is 0 Å². The summed E-state index contributed by atoms with van der Waals surface area (Å²) in [5, 5.41) is 9.83. The van der Waals surface area contributed by atoms with Crippen LogP contribution in [0.1, 0.15) is 85.5 Å². The molecule has 4 aliphatic carbocycles. The lowest BCUT2D eigenvalue weighted by molar-refractivity contribution is -0.119. The number of nitrogens with zero attached hydrogens (tertiary/aromatic N) is 1. The molecule has 0 radical (unpaired) electrons. The van der Waals surface area contributed by atoms with Gasteiger partial charge in [-0.2, -0.15) is 5.26 Å². The van der Waals surface area contributed by atoms with Gasteiger partial charge in [-0.25, -0.2) is 0 Å². The van der Waals surface area contributed by atoms with Gasteiger partial charge in [0.05, 0.1) is 12.0 Å². The van der Waals surface area contributed by atoms with Crippen molar-refractivity contribution in [1.82, 2.24) is 0 Å². The number of nitriles is 1. The Morgan fingerprint density at radius 3 is 2.48 bits per heavy atom. The fraction of sp³-hybridized carbons (Fsp3) is 0.880. The van der Waals surface area contributed by atoms with Crippen LogP contribution < -0.4 is 5.73 Å². The van der Waals surface area contributed by atoms with Crippen LogP contribution in [0.2, 0.25) is 0 Å². The SMILES string of the molecule is C=C(C)C(C#N)C1CCC2C1(C)CCC1C3CCC(C)CC3(C)CCC12N. The van der Waals surface area contributed by atoms with E-state index in [0.29, 0.717) is 23.2 Å². The van der Waals surface area contributed by atoms with Crippen molar-refractivity contribution in [3.63, 3.8) is 0 Å². The summed E-state index contributed by atoms with van der Waals surface area (Å²) in [4.78, 5) is 0. The Balaban J connectivity index is 1.65. The molecule has 0 aliphatic heterocycles. The third-order valence-electron chi connectivity index (χ3n) is 10.1. The topological polar surface area (TPSA) is 49.8 Å². The van der Waals surface area contributed by atoms with Crippen molar-refractivity contribution in [3.05, 3.63) is 12.2 Å². The molecule has 0 bridgehead atoms. The molecule has 0 saturated heterocycles. The van der Waals surface area contributed by atoms with Gasteiger partial charge in [0, 0.05) is 5.54 Å². The summed E-state index contributed by atoms with van der Waals surface area (Å²) in [6.07, 6.45) is 11.6. The smallest absolute Gasteiger partial charge is 0.0703 e. The highest BCUT2D eigenvalue weighted by Gasteiger charge is 2.65. The quantitative estimate of drug-likeness (QED) is 0.601. The second kappa shape index (κ2) is 6.35.